The van der Waals surface area contributed by atoms with Gasteiger partial charge in [-0.1, -0.05) is 36.8 Å². The second kappa shape index (κ2) is 5.64. The van der Waals surface area contributed by atoms with Crippen LogP contribution < -0.4 is 5.32 Å². The first kappa shape index (κ1) is 13.1. The van der Waals surface area contributed by atoms with E-state index in [0.717, 1.165) is 13.2 Å². The van der Waals surface area contributed by atoms with Crippen LogP contribution in [0.2, 0.25) is 0 Å². The number of nitrogens with one attached hydrogen (secondary N) is 1. The zero-order chi connectivity index (χ0) is 13.1. The summed E-state index contributed by atoms with van der Waals surface area (Å²) in [6, 6.07) is 11.7. The Bertz CT molecular complexity index is 393. The molecule has 1 saturated carbocycles. The molecule has 0 amide bonds. The molecule has 1 saturated heterocycles. The first-order chi connectivity index (χ1) is 9.37. The lowest BCUT2D eigenvalue weighted by atomic mass is 9.57. The second-order valence-corrected chi connectivity index (χ2v) is 6.12. The molecule has 2 fully saturated rings. The molecule has 3 rings (SSSR count). The van der Waals surface area contributed by atoms with Crippen molar-refractivity contribution in [1.82, 2.24) is 5.32 Å². The highest BCUT2D eigenvalue weighted by Crippen LogP contribution is 2.49. The van der Waals surface area contributed by atoms with Crippen molar-refractivity contribution in [2.45, 2.75) is 43.6 Å². The van der Waals surface area contributed by atoms with Crippen LogP contribution in [0.1, 0.15) is 37.7 Å². The Labute approximate surface area is 116 Å². The Kier molecular flexibility index (Phi) is 3.90. The summed E-state index contributed by atoms with van der Waals surface area (Å²) in [6.45, 7) is 1.88. The van der Waals surface area contributed by atoms with Gasteiger partial charge in [-0.15, -0.1) is 0 Å². The molecule has 2 heteroatoms. The Hall–Kier alpha value is -0.860. The summed E-state index contributed by atoms with van der Waals surface area (Å²) >= 11 is 0. The van der Waals surface area contributed by atoms with Gasteiger partial charge in [0.2, 0.25) is 0 Å². The number of hydrogen-bond donors (Lipinski definition) is 1. The van der Waals surface area contributed by atoms with Crippen LogP contribution in [-0.4, -0.2) is 26.3 Å². The van der Waals surface area contributed by atoms with E-state index in [4.69, 9.17) is 4.74 Å². The van der Waals surface area contributed by atoms with Gasteiger partial charge in [0.25, 0.3) is 0 Å². The predicted octanol–water partition coefficient (Wildman–Crippen LogP) is 3.12. The highest BCUT2D eigenvalue weighted by molar-refractivity contribution is 5.31. The van der Waals surface area contributed by atoms with Crippen molar-refractivity contribution in [3.05, 3.63) is 35.9 Å². The van der Waals surface area contributed by atoms with Gasteiger partial charge in [-0.3, -0.25) is 0 Å². The first-order valence-corrected chi connectivity index (χ1v) is 7.67. The Morgan fingerprint density at radius 1 is 1.21 bits per heavy atom. The van der Waals surface area contributed by atoms with E-state index in [0.29, 0.717) is 17.4 Å². The van der Waals surface area contributed by atoms with Crippen LogP contribution in [0.3, 0.4) is 0 Å². The van der Waals surface area contributed by atoms with Gasteiger partial charge in [0, 0.05) is 18.1 Å². The fraction of sp³-hybridized carbons (Fsp3) is 0.647. The largest absolute Gasteiger partial charge is 0.381 e. The van der Waals surface area contributed by atoms with Crippen LogP contribution in [0, 0.1) is 5.92 Å². The van der Waals surface area contributed by atoms with Crippen LogP contribution in [-0.2, 0) is 10.2 Å². The van der Waals surface area contributed by atoms with Crippen molar-refractivity contribution in [3.8, 4) is 0 Å². The van der Waals surface area contributed by atoms with Crippen LogP contribution in [0.5, 0.6) is 0 Å². The lowest BCUT2D eigenvalue weighted by Gasteiger charge is -2.51. The van der Waals surface area contributed by atoms with E-state index < -0.39 is 0 Å². The highest BCUT2D eigenvalue weighted by atomic mass is 16.5. The monoisotopic (exact) mass is 259 g/mol. The lowest BCUT2D eigenvalue weighted by molar-refractivity contribution is 0.0103. The van der Waals surface area contributed by atoms with Gasteiger partial charge in [0.05, 0.1) is 6.61 Å². The van der Waals surface area contributed by atoms with Gasteiger partial charge in [-0.25, -0.2) is 0 Å². The van der Waals surface area contributed by atoms with E-state index in [1.54, 1.807) is 0 Å². The third-order valence-corrected chi connectivity index (χ3v) is 5.17. The van der Waals surface area contributed by atoms with Crippen LogP contribution >= 0.6 is 0 Å². The molecule has 0 aromatic heterocycles. The number of benzene rings is 1. The second-order valence-electron chi connectivity index (χ2n) is 6.12. The maximum absolute atomic E-state index is 5.72. The summed E-state index contributed by atoms with van der Waals surface area (Å²) in [6.07, 6.45) is 6.52. The van der Waals surface area contributed by atoms with Crippen molar-refractivity contribution in [1.29, 1.82) is 0 Å². The van der Waals surface area contributed by atoms with Gasteiger partial charge >= 0.3 is 0 Å². The lowest BCUT2D eigenvalue weighted by Crippen LogP contribution is -2.56. The van der Waals surface area contributed by atoms with Gasteiger partial charge in [-0.2, -0.15) is 0 Å². The molecule has 1 heterocycles. The van der Waals surface area contributed by atoms with E-state index in [1.165, 1.54) is 37.7 Å². The maximum atomic E-state index is 5.72. The minimum atomic E-state index is 0.349. The minimum Gasteiger partial charge on any atom is -0.381 e. The summed E-state index contributed by atoms with van der Waals surface area (Å²) in [7, 11) is 2.13. The number of ether oxygens (including phenoxy) is 1. The predicted molar refractivity (Wildman–Crippen MR) is 78.4 cm³/mol. The molecule has 0 radical (unpaired) electrons. The topological polar surface area (TPSA) is 21.3 Å². The molecule has 19 heavy (non-hydrogen) atoms. The average Bonchev–Trinajstić information content (AvgIpc) is 2.44. The third kappa shape index (κ3) is 2.32. The fourth-order valence-corrected chi connectivity index (χ4v) is 4.10. The average molecular weight is 259 g/mol. The maximum Gasteiger partial charge on any atom is 0.0509 e. The summed E-state index contributed by atoms with van der Waals surface area (Å²) in [5, 5.41) is 3.63. The van der Waals surface area contributed by atoms with Crippen molar-refractivity contribution in [2.75, 3.05) is 20.3 Å². The molecule has 0 spiro atoms. The fourth-order valence-electron chi connectivity index (χ4n) is 4.10. The van der Waals surface area contributed by atoms with Gasteiger partial charge in [-0.05, 0) is 44.2 Å². The van der Waals surface area contributed by atoms with Crippen LogP contribution in [0.15, 0.2) is 30.3 Å². The van der Waals surface area contributed by atoms with Crippen molar-refractivity contribution >= 4 is 0 Å². The van der Waals surface area contributed by atoms with Crippen molar-refractivity contribution in [2.24, 2.45) is 5.92 Å². The van der Waals surface area contributed by atoms with Gasteiger partial charge < -0.3 is 10.1 Å². The number of rotatable bonds is 4. The molecule has 1 N–H and O–H groups in total. The third-order valence-electron chi connectivity index (χ3n) is 5.17. The molecule has 1 aromatic carbocycles. The summed E-state index contributed by atoms with van der Waals surface area (Å²) in [5.41, 5.74) is 1.87. The Balaban J connectivity index is 1.87. The van der Waals surface area contributed by atoms with Crippen molar-refractivity contribution in [3.63, 3.8) is 0 Å². The smallest absolute Gasteiger partial charge is 0.0509 e. The van der Waals surface area contributed by atoms with E-state index in [9.17, 15) is 0 Å². The minimum absolute atomic E-state index is 0.349. The molecular formula is C17H25NO. The molecule has 2 nitrogen and oxygen atoms in total. The molecular weight excluding hydrogens is 234 g/mol. The highest BCUT2D eigenvalue weighted by Gasteiger charge is 2.47. The molecule has 104 valence electrons. The quantitative estimate of drug-likeness (QED) is 0.897. The van der Waals surface area contributed by atoms with Crippen LogP contribution in [0.25, 0.3) is 0 Å². The molecule has 0 bridgehead atoms. The molecule has 2 atom stereocenters. The number of hydrogen-bond acceptors (Lipinski definition) is 2. The zero-order valence-electron chi connectivity index (χ0n) is 11.9. The molecule has 1 aliphatic heterocycles. The molecule has 1 aromatic rings. The van der Waals surface area contributed by atoms with E-state index in [2.05, 4.69) is 42.7 Å². The molecule has 2 unspecified atom stereocenters. The summed E-state index contributed by atoms with van der Waals surface area (Å²) < 4.78 is 5.72. The van der Waals surface area contributed by atoms with Crippen molar-refractivity contribution < 1.29 is 4.74 Å². The standard InChI is InChI=1S/C17H25NO/c1-18-16(14-7-5-12-19-13-14)17(10-6-11-17)15-8-3-2-4-9-15/h2-4,8-9,14,16,18H,5-7,10-13H2,1H3. The summed E-state index contributed by atoms with van der Waals surface area (Å²) in [4.78, 5) is 0. The molecule has 1 aliphatic carbocycles. The molecule has 2 aliphatic rings. The number of likely N-dealkylation sites (N-methyl/N-ethyl adjacent to an activating group) is 1. The van der Waals surface area contributed by atoms with Gasteiger partial charge in [0.15, 0.2) is 0 Å². The Morgan fingerprint density at radius 3 is 2.53 bits per heavy atom. The zero-order valence-corrected chi connectivity index (χ0v) is 11.9. The van der Waals surface area contributed by atoms with Gasteiger partial charge in [0.1, 0.15) is 0 Å². The Morgan fingerprint density at radius 2 is 2.00 bits per heavy atom. The SMILES string of the molecule is CNC(C1CCCOC1)C1(c2ccccc2)CCC1. The first-order valence-electron chi connectivity index (χ1n) is 7.67. The van der Waals surface area contributed by atoms with E-state index >= 15 is 0 Å². The summed E-state index contributed by atoms with van der Waals surface area (Å²) in [5.74, 6) is 0.666. The van der Waals surface area contributed by atoms with E-state index in [1.807, 2.05) is 0 Å². The normalized spacial score (nSPS) is 27.5. The van der Waals surface area contributed by atoms with Crippen LogP contribution in [0.4, 0.5) is 0 Å². The van der Waals surface area contributed by atoms with E-state index in [-0.39, 0.29) is 0 Å².